The molecular formula is C18H21NO2. The Hall–Kier alpha value is -1.87. The Morgan fingerprint density at radius 1 is 1.24 bits per heavy atom. The van der Waals surface area contributed by atoms with Crippen LogP contribution >= 0.6 is 0 Å². The van der Waals surface area contributed by atoms with Gasteiger partial charge in [0.25, 0.3) is 0 Å². The zero-order chi connectivity index (χ0) is 14.7. The van der Waals surface area contributed by atoms with E-state index in [-0.39, 0.29) is 0 Å². The predicted molar refractivity (Wildman–Crippen MR) is 82.5 cm³/mol. The van der Waals surface area contributed by atoms with Crippen molar-refractivity contribution >= 4 is 0 Å². The van der Waals surface area contributed by atoms with Gasteiger partial charge in [-0.05, 0) is 35.4 Å². The molecule has 1 aromatic carbocycles. The number of aromatic nitrogens is 1. The van der Waals surface area contributed by atoms with Crippen molar-refractivity contribution < 1.29 is 9.84 Å². The molecule has 0 radical (unpaired) electrons. The molecule has 3 heteroatoms. The molecule has 3 rings (SSSR count). The number of ether oxygens (including phenoxy) is 1. The van der Waals surface area contributed by atoms with Crippen molar-refractivity contribution in [3.05, 3.63) is 59.3 Å². The minimum atomic E-state index is -0.475. The van der Waals surface area contributed by atoms with Gasteiger partial charge in [0.05, 0.1) is 13.2 Å². The van der Waals surface area contributed by atoms with Gasteiger partial charge < -0.3 is 9.84 Å². The molecule has 1 fully saturated rings. The van der Waals surface area contributed by atoms with Gasteiger partial charge in [0.1, 0.15) is 0 Å². The SMILES string of the molecule is COc1ccc(CC(O)c2ccccc2C2CCC2)cn1. The van der Waals surface area contributed by atoms with Crippen LogP contribution < -0.4 is 4.74 Å². The Morgan fingerprint density at radius 2 is 2.05 bits per heavy atom. The average Bonchev–Trinajstić information content (AvgIpc) is 2.47. The first-order valence-electron chi connectivity index (χ1n) is 7.53. The molecule has 1 aliphatic rings. The molecule has 1 heterocycles. The summed E-state index contributed by atoms with van der Waals surface area (Å²) in [6.45, 7) is 0. The van der Waals surface area contributed by atoms with Gasteiger partial charge in [0.2, 0.25) is 5.88 Å². The number of aliphatic hydroxyl groups is 1. The van der Waals surface area contributed by atoms with Crippen LogP contribution in [0.5, 0.6) is 5.88 Å². The molecule has 0 saturated heterocycles. The van der Waals surface area contributed by atoms with E-state index < -0.39 is 6.10 Å². The Labute approximate surface area is 125 Å². The molecule has 0 amide bonds. The first kappa shape index (κ1) is 14.1. The summed E-state index contributed by atoms with van der Waals surface area (Å²) in [6, 6.07) is 12.1. The molecule has 1 aliphatic carbocycles. The smallest absolute Gasteiger partial charge is 0.212 e. The van der Waals surface area contributed by atoms with E-state index in [1.54, 1.807) is 13.3 Å². The van der Waals surface area contributed by atoms with Gasteiger partial charge in [-0.15, -0.1) is 0 Å². The fraction of sp³-hybridized carbons (Fsp3) is 0.389. The minimum Gasteiger partial charge on any atom is -0.481 e. The zero-order valence-electron chi connectivity index (χ0n) is 12.3. The maximum atomic E-state index is 10.6. The maximum Gasteiger partial charge on any atom is 0.212 e. The van der Waals surface area contributed by atoms with E-state index in [2.05, 4.69) is 23.2 Å². The highest BCUT2D eigenvalue weighted by Gasteiger charge is 2.24. The molecule has 3 nitrogen and oxygen atoms in total. The lowest BCUT2D eigenvalue weighted by atomic mass is 9.77. The standard InChI is InChI=1S/C18H21NO2/c1-21-18-10-9-13(12-19-18)11-17(20)16-8-3-2-7-15(16)14-5-4-6-14/h2-3,7-10,12,14,17,20H,4-6,11H2,1H3. The van der Waals surface area contributed by atoms with Crippen LogP contribution in [0.3, 0.4) is 0 Å². The number of benzene rings is 1. The van der Waals surface area contributed by atoms with E-state index in [0.717, 1.165) is 11.1 Å². The molecule has 0 spiro atoms. The van der Waals surface area contributed by atoms with Crippen molar-refractivity contribution in [1.82, 2.24) is 4.98 Å². The number of aliphatic hydroxyl groups excluding tert-OH is 1. The predicted octanol–water partition coefficient (Wildman–Crippen LogP) is 3.63. The van der Waals surface area contributed by atoms with Crippen molar-refractivity contribution in [2.45, 2.75) is 37.7 Å². The van der Waals surface area contributed by atoms with E-state index in [4.69, 9.17) is 4.74 Å². The van der Waals surface area contributed by atoms with Crippen LogP contribution in [0.4, 0.5) is 0 Å². The summed E-state index contributed by atoms with van der Waals surface area (Å²) in [6.07, 6.45) is 5.67. The highest BCUT2D eigenvalue weighted by atomic mass is 16.5. The van der Waals surface area contributed by atoms with Gasteiger partial charge in [-0.2, -0.15) is 0 Å². The Kier molecular flexibility index (Phi) is 4.20. The van der Waals surface area contributed by atoms with Crippen molar-refractivity contribution in [3.8, 4) is 5.88 Å². The summed E-state index contributed by atoms with van der Waals surface area (Å²) in [5.74, 6) is 1.23. The molecule has 1 saturated carbocycles. The van der Waals surface area contributed by atoms with Crippen LogP contribution in [0.1, 0.15) is 48.0 Å². The Morgan fingerprint density at radius 3 is 2.67 bits per heavy atom. The van der Waals surface area contributed by atoms with E-state index in [9.17, 15) is 5.11 Å². The molecule has 1 unspecified atom stereocenters. The second kappa shape index (κ2) is 6.27. The molecule has 1 aromatic heterocycles. The summed E-state index contributed by atoms with van der Waals surface area (Å²) >= 11 is 0. The lowest BCUT2D eigenvalue weighted by molar-refractivity contribution is 0.175. The Balaban J connectivity index is 1.76. The molecule has 1 N–H and O–H groups in total. The highest BCUT2D eigenvalue weighted by Crippen LogP contribution is 2.39. The zero-order valence-corrected chi connectivity index (χ0v) is 12.3. The quantitative estimate of drug-likeness (QED) is 0.911. The molecule has 0 aliphatic heterocycles. The molecule has 2 aromatic rings. The van der Waals surface area contributed by atoms with Crippen LogP contribution in [-0.2, 0) is 6.42 Å². The van der Waals surface area contributed by atoms with Gasteiger partial charge in [0.15, 0.2) is 0 Å². The summed E-state index contributed by atoms with van der Waals surface area (Å²) in [7, 11) is 1.60. The molecule has 110 valence electrons. The third-order valence-corrected chi connectivity index (χ3v) is 4.34. The Bertz CT molecular complexity index is 590. The third kappa shape index (κ3) is 3.08. The van der Waals surface area contributed by atoms with Crippen molar-refractivity contribution in [2.24, 2.45) is 0 Å². The van der Waals surface area contributed by atoms with Crippen LogP contribution in [0, 0.1) is 0 Å². The summed E-state index contributed by atoms with van der Waals surface area (Å²) in [5, 5.41) is 10.6. The maximum absolute atomic E-state index is 10.6. The largest absolute Gasteiger partial charge is 0.481 e. The number of methoxy groups -OCH3 is 1. The van der Waals surface area contributed by atoms with Gasteiger partial charge in [-0.25, -0.2) is 4.98 Å². The number of hydrogen-bond donors (Lipinski definition) is 1. The monoisotopic (exact) mass is 283 g/mol. The van der Waals surface area contributed by atoms with E-state index in [1.807, 2.05) is 18.2 Å². The fourth-order valence-electron chi connectivity index (χ4n) is 2.89. The first-order chi connectivity index (χ1) is 10.3. The van der Waals surface area contributed by atoms with Gasteiger partial charge in [0, 0.05) is 18.7 Å². The van der Waals surface area contributed by atoms with E-state index in [1.165, 1.54) is 24.8 Å². The third-order valence-electron chi connectivity index (χ3n) is 4.34. The lowest BCUT2D eigenvalue weighted by Crippen LogP contribution is -2.14. The van der Waals surface area contributed by atoms with Gasteiger partial charge >= 0.3 is 0 Å². The van der Waals surface area contributed by atoms with Crippen LogP contribution in [-0.4, -0.2) is 17.2 Å². The second-order valence-corrected chi connectivity index (χ2v) is 5.69. The number of hydrogen-bond acceptors (Lipinski definition) is 3. The first-order valence-corrected chi connectivity index (χ1v) is 7.53. The van der Waals surface area contributed by atoms with Crippen LogP contribution in [0.15, 0.2) is 42.6 Å². The number of rotatable bonds is 5. The van der Waals surface area contributed by atoms with E-state index >= 15 is 0 Å². The van der Waals surface area contributed by atoms with Crippen LogP contribution in [0.2, 0.25) is 0 Å². The molecule has 1 atom stereocenters. The summed E-state index contributed by atoms with van der Waals surface area (Å²) in [5.41, 5.74) is 3.41. The summed E-state index contributed by atoms with van der Waals surface area (Å²) < 4.78 is 5.06. The van der Waals surface area contributed by atoms with Crippen molar-refractivity contribution in [1.29, 1.82) is 0 Å². The average molecular weight is 283 g/mol. The normalized spacial score (nSPS) is 16.3. The minimum absolute atomic E-state index is 0.475. The van der Waals surface area contributed by atoms with E-state index in [0.29, 0.717) is 18.2 Å². The van der Waals surface area contributed by atoms with Gasteiger partial charge in [-0.1, -0.05) is 36.8 Å². The fourth-order valence-corrected chi connectivity index (χ4v) is 2.89. The lowest BCUT2D eigenvalue weighted by Gasteiger charge is -2.29. The van der Waals surface area contributed by atoms with Crippen molar-refractivity contribution in [2.75, 3.05) is 7.11 Å². The number of pyridine rings is 1. The van der Waals surface area contributed by atoms with Crippen LogP contribution in [0.25, 0.3) is 0 Å². The van der Waals surface area contributed by atoms with Crippen molar-refractivity contribution in [3.63, 3.8) is 0 Å². The second-order valence-electron chi connectivity index (χ2n) is 5.69. The molecular weight excluding hydrogens is 262 g/mol. The van der Waals surface area contributed by atoms with Gasteiger partial charge in [-0.3, -0.25) is 0 Å². The highest BCUT2D eigenvalue weighted by molar-refractivity contribution is 5.34. The molecule has 21 heavy (non-hydrogen) atoms. The topological polar surface area (TPSA) is 42.4 Å². The molecule has 0 bridgehead atoms. The number of nitrogens with zero attached hydrogens (tertiary/aromatic N) is 1. The summed E-state index contributed by atoms with van der Waals surface area (Å²) in [4.78, 5) is 4.20.